The van der Waals surface area contributed by atoms with E-state index < -0.39 is 0 Å². The fourth-order valence-electron chi connectivity index (χ4n) is 2.28. The highest BCUT2D eigenvalue weighted by molar-refractivity contribution is 6.01. The van der Waals surface area contributed by atoms with Crippen molar-refractivity contribution in [3.8, 4) is 0 Å². The normalized spacial score (nSPS) is 17.9. The average Bonchev–Trinajstić information content (AvgIpc) is 2.87. The van der Waals surface area contributed by atoms with Crippen molar-refractivity contribution in [1.29, 1.82) is 0 Å². The Morgan fingerprint density at radius 2 is 2.05 bits per heavy atom. The summed E-state index contributed by atoms with van der Waals surface area (Å²) >= 11 is 0. The number of hydrogen-bond acceptors (Lipinski definition) is 3. The summed E-state index contributed by atoms with van der Waals surface area (Å²) in [4.78, 5) is 19.0. The molecule has 108 valence electrons. The molecule has 1 aliphatic rings. The fourth-order valence-corrected chi connectivity index (χ4v) is 2.28. The van der Waals surface area contributed by atoms with E-state index in [-0.39, 0.29) is 17.9 Å². The third-order valence-electron chi connectivity index (χ3n) is 3.47. The number of likely N-dealkylation sites (N-methyl/N-ethyl adjacent to an activating group) is 1. The molecule has 0 spiro atoms. The largest absolute Gasteiger partial charge is 0.390 e. The Bertz CT molecular complexity index is 506. The molecule has 0 aromatic heterocycles. The van der Waals surface area contributed by atoms with Crippen molar-refractivity contribution in [1.82, 2.24) is 4.90 Å². The van der Waals surface area contributed by atoms with E-state index in [0.29, 0.717) is 6.54 Å². The lowest BCUT2D eigenvalue weighted by molar-refractivity contribution is -0.134. The number of benzene rings is 1. The number of carbonyl (C=O) groups is 1. The Labute approximate surface area is 120 Å². The van der Waals surface area contributed by atoms with Gasteiger partial charge in [-0.25, -0.2) is 0 Å². The molecule has 1 unspecified atom stereocenters. The van der Waals surface area contributed by atoms with E-state index in [1.807, 2.05) is 20.9 Å². The van der Waals surface area contributed by atoms with Crippen LogP contribution in [0.15, 0.2) is 29.4 Å². The van der Waals surface area contributed by atoms with Crippen LogP contribution in [0.1, 0.15) is 31.4 Å². The zero-order chi connectivity index (χ0) is 14.7. The van der Waals surface area contributed by atoms with Crippen molar-refractivity contribution in [3.63, 3.8) is 0 Å². The predicted molar refractivity (Wildman–Crippen MR) is 79.7 cm³/mol. The molecule has 0 saturated heterocycles. The monoisotopic (exact) mass is 274 g/mol. The van der Waals surface area contributed by atoms with Crippen LogP contribution in [-0.4, -0.2) is 36.2 Å². The summed E-state index contributed by atoms with van der Waals surface area (Å²) in [6.45, 7) is 6.45. The molecule has 20 heavy (non-hydrogen) atoms. The highest BCUT2D eigenvalue weighted by Crippen LogP contribution is 2.18. The van der Waals surface area contributed by atoms with Gasteiger partial charge in [-0.2, -0.15) is 0 Å². The summed E-state index contributed by atoms with van der Waals surface area (Å²) < 4.78 is 0. The Kier molecular flexibility index (Phi) is 4.42. The van der Waals surface area contributed by atoms with Gasteiger partial charge in [-0.15, -0.1) is 0 Å². The number of oxime groups is 1. The molecule has 1 aromatic carbocycles. The highest BCUT2D eigenvalue weighted by atomic mass is 16.6. The Balaban J connectivity index is 1.91. The summed E-state index contributed by atoms with van der Waals surface area (Å²) in [6, 6.07) is 8.25. The number of amides is 1. The minimum Gasteiger partial charge on any atom is -0.390 e. The van der Waals surface area contributed by atoms with Crippen molar-refractivity contribution < 1.29 is 9.63 Å². The van der Waals surface area contributed by atoms with Gasteiger partial charge in [0.05, 0.1) is 12.3 Å². The maximum absolute atomic E-state index is 11.9. The molecular weight excluding hydrogens is 252 g/mol. The first-order valence-electron chi connectivity index (χ1n) is 7.02. The molecule has 0 radical (unpaired) electrons. The molecule has 1 heterocycles. The van der Waals surface area contributed by atoms with E-state index >= 15 is 0 Å². The lowest BCUT2D eigenvalue weighted by Gasteiger charge is -2.21. The van der Waals surface area contributed by atoms with Gasteiger partial charge >= 0.3 is 0 Å². The molecule has 0 N–H and O–H groups in total. The second-order valence-electron chi connectivity index (χ2n) is 5.71. The van der Waals surface area contributed by atoms with Gasteiger partial charge in [-0.05, 0) is 12.5 Å². The molecule has 1 amide bonds. The van der Waals surface area contributed by atoms with E-state index in [9.17, 15) is 4.79 Å². The van der Waals surface area contributed by atoms with E-state index in [1.54, 1.807) is 4.90 Å². The first-order chi connectivity index (χ1) is 9.47. The van der Waals surface area contributed by atoms with Gasteiger partial charge in [0.25, 0.3) is 0 Å². The Morgan fingerprint density at radius 1 is 1.40 bits per heavy atom. The summed E-state index contributed by atoms with van der Waals surface area (Å²) in [6.07, 6.45) is 0.706. The van der Waals surface area contributed by atoms with Crippen molar-refractivity contribution in [2.45, 2.75) is 33.3 Å². The Morgan fingerprint density at radius 3 is 2.65 bits per heavy atom. The molecule has 0 fully saturated rings. The first kappa shape index (κ1) is 14.6. The number of nitrogens with zero attached hydrogens (tertiary/aromatic N) is 2. The molecular formula is C16H22N2O2. The summed E-state index contributed by atoms with van der Waals surface area (Å²) in [5.74, 6) is 0.149. The second-order valence-corrected chi connectivity index (χ2v) is 5.71. The molecule has 1 aromatic rings. The van der Waals surface area contributed by atoms with Crippen molar-refractivity contribution in [3.05, 3.63) is 35.4 Å². The molecule has 2 rings (SSSR count). The van der Waals surface area contributed by atoms with E-state index in [1.165, 1.54) is 5.56 Å². The molecule has 4 heteroatoms. The zero-order valence-electron chi connectivity index (χ0n) is 12.6. The summed E-state index contributed by atoms with van der Waals surface area (Å²) in [7, 11) is 1.82. The van der Waals surface area contributed by atoms with E-state index in [4.69, 9.17) is 4.84 Å². The van der Waals surface area contributed by atoms with Crippen molar-refractivity contribution in [2.75, 3.05) is 13.6 Å². The molecule has 1 aliphatic heterocycles. The van der Waals surface area contributed by atoms with Crippen LogP contribution in [0.4, 0.5) is 0 Å². The minimum absolute atomic E-state index is 0.0129. The maximum Gasteiger partial charge on any atom is 0.224 e. The van der Waals surface area contributed by atoms with E-state index in [0.717, 1.165) is 17.7 Å². The van der Waals surface area contributed by atoms with Gasteiger partial charge in [0.15, 0.2) is 6.10 Å². The van der Waals surface area contributed by atoms with Gasteiger partial charge in [0.2, 0.25) is 5.91 Å². The lowest BCUT2D eigenvalue weighted by Crippen LogP contribution is -2.36. The number of hydrogen-bond donors (Lipinski definition) is 0. The molecule has 0 bridgehead atoms. The van der Waals surface area contributed by atoms with Gasteiger partial charge in [-0.1, -0.05) is 48.8 Å². The van der Waals surface area contributed by atoms with Crippen LogP contribution in [0.2, 0.25) is 0 Å². The first-order valence-corrected chi connectivity index (χ1v) is 7.02. The predicted octanol–water partition coefficient (Wildman–Crippen LogP) is 2.60. The molecule has 4 nitrogen and oxygen atoms in total. The minimum atomic E-state index is -0.0426. The summed E-state index contributed by atoms with van der Waals surface area (Å²) in [5, 5.41) is 4.15. The SMILES string of the molecule is Cc1ccc(C2=NOC(CN(C)C(=O)C(C)C)C2)cc1. The van der Waals surface area contributed by atoms with Crippen LogP contribution in [-0.2, 0) is 9.63 Å². The van der Waals surface area contributed by atoms with Crippen LogP contribution >= 0.6 is 0 Å². The third-order valence-corrected chi connectivity index (χ3v) is 3.47. The topological polar surface area (TPSA) is 41.9 Å². The lowest BCUT2D eigenvalue weighted by atomic mass is 10.0. The van der Waals surface area contributed by atoms with Gasteiger partial charge in [-0.3, -0.25) is 4.79 Å². The zero-order valence-corrected chi connectivity index (χ0v) is 12.6. The van der Waals surface area contributed by atoms with Gasteiger partial charge in [0, 0.05) is 19.4 Å². The standard InChI is InChI=1S/C16H22N2O2/c1-11(2)16(19)18(4)10-14-9-15(17-20-14)13-7-5-12(3)6-8-13/h5-8,11,14H,9-10H2,1-4H3. The quantitative estimate of drug-likeness (QED) is 0.847. The average molecular weight is 274 g/mol. The van der Waals surface area contributed by atoms with Crippen LogP contribution in [0.3, 0.4) is 0 Å². The third kappa shape index (κ3) is 3.38. The number of carbonyl (C=O) groups excluding carboxylic acids is 1. The summed E-state index contributed by atoms with van der Waals surface area (Å²) in [5.41, 5.74) is 3.28. The smallest absolute Gasteiger partial charge is 0.224 e. The maximum atomic E-state index is 11.9. The van der Waals surface area contributed by atoms with E-state index in [2.05, 4.69) is 36.3 Å². The van der Waals surface area contributed by atoms with Crippen molar-refractivity contribution in [2.24, 2.45) is 11.1 Å². The van der Waals surface area contributed by atoms with Crippen LogP contribution < -0.4 is 0 Å². The molecule has 1 atom stereocenters. The molecule has 0 aliphatic carbocycles. The van der Waals surface area contributed by atoms with Crippen LogP contribution in [0, 0.1) is 12.8 Å². The fraction of sp³-hybridized carbons (Fsp3) is 0.500. The highest BCUT2D eigenvalue weighted by Gasteiger charge is 2.25. The van der Waals surface area contributed by atoms with Gasteiger partial charge < -0.3 is 9.74 Å². The van der Waals surface area contributed by atoms with Crippen LogP contribution in [0.25, 0.3) is 0 Å². The van der Waals surface area contributed by atoms with Gasteiger partial charge in [0.1, 0.15) is 0 Å². The number of rotatable bonds is 4. The van der Waals surface area contributed by atoms with Crippen molar-refractivity contribution >= 4 is 11.6 Å². The number of aryl methyl sites for hydroxylation is 1. The second kappa shape index (κ2) is 6.07. The molecule has 0 saturated carbocycles. The Hall–Kier alpha value is -1.84. The van der Waals surface area contributed by atoms with Crippen LogP contribution in [0.5, 0.6) is 0 Å².